The van der Waals surface area contributed by atoms with E-state index in [1.165, 1.54) is 83.5 Å². The number of nitrogens with one attached hydrogen (secondary N) is 1. The Labute approximate surface area is 273 Å². The molecule has 1 aromatic rings. The first-order chi connectivity index (χ1) is 21.8. The van der Waals surface area contributed by atoms with Gasteiger partial charge in [0.15, 0.2) is 0 Å². The van der Waals surface area contributed by atoms with E-state index in [9.17, 15) is 14.4 Å². The van der Waals surface area contributed by atoms with Crippen molar-refractivity contribution in [1.82, 2.24) is 5.32 Å². The highest BCUT2D eigenvalue weighted by Gasteiger charge is 2.42. The molecule has 1 fully saturated rings. The summed E-state index contributed by atoms with van der Waals surface area (Å²) in [5, 5.41) is 2.73. The van der Waals surface area contributed by atoms with Crippen LogP contribution in [0.1, 0.15) is 155 Å². The highest BCUT2D eigenvalue weighted by Crippen LogP contribution is 2.31. The normalized spacial score (nSPS) is 17.3. The SMILES string of the molecule is CCCCCCCCCCCCCCCCC[C@@H](C[C@@H]1OC(=O)[C@H]1CC)OC(=O)[C@H](CC(C)C)NC(=O)OCc1ccccc1. The Kier molecular flexibility index (Phi) is 20.4. The molecule has 1 N–H and O–H groups in total. The van der Waals surface area contributed by atoms with Crippen molar-refractivity contribution in [3.8, 4) is 0 Å². The van der Waals surface area contributed by atoms with Gasteiger partial charge in [0.1, 0.15) is 24.9 Å². The second-order valence-electron chi connectivity index (χ2n) is 13.4. The maximum Gasteiger partial charge on any atom is 0.408 e. The first-order valence-electron chi connectivity index (χ1n) is 18.2. The average molecular weight is 630 g/mol. The van der Waals surface area contributed by atoms with Gasteiger partial charge in [-0.3, -0.25) is 4.79 Å². The zero-order valence-electron chi connectivity index (χ0n) is 28.9. The Bertz CT molecular complexity index is 935. The summed E-state index contributed by atoms with van der Waals surface area (Å²) in [7, 11) is 0. The molecule has 1 saturated heterocycles. The van der Waals surface area contributed by atoms with E-state index in [-0.39, 0.29) is 36.6 Å². The van der Waals surface area contributed by atoms with Gasteiger partial charge in [-0.15, -0.1) is 0 Å². The van der Waals surface area contributed by atoms with E-state index in [1.54, 1.807) is 0 Å². The van der Waals surface area contributed by atoms with Crippen molar-refractivity contribution in [1.29, 1.82) is 0 Å². The van der Waals surface area contributed by atoms with Crippen LogP contribution in [0, 0.1) is 11.8 Å². The highest BCUT2D eigenvalue weighted by atomic mass is 16.6. The molecule has 4 atom stereocenters. The standard InChI is InChI=1S/C38H63NO6/c1-5-7-8-9-10-11-12-13-14-15-16-17-18-19-23-26-32(28-35-33(6-2)36(40)45-35)44-37(41)34(27-30(3)4)39-38(42)43-29-31-24-21-20-22-25-31/h20-22,24-25,30,32-35H,5-19,23,26-29H2,1-4H3,(H,39,42)/t32-,33-,34-,35-/m0/s1. The Balaban J connectivity index is 1.75. The molecule has 7 nitrogen and oxygen atoms in total. The topological polar surface area (TPSA) is 90.9 Å². The summed E-state index contributed by atoms with van der Waals surface area (Å²) >= 11 is 0. The van der Waals surface area contributed by atoms with E-state index in [0.717, 1.165) is 24.8 Å². The van der Waals surface area contributed by atoms with Gasteiger partial charge in [-0.2, -0.15) is 0 Å². The predicted octanol–water partition coefficient (Wildman–Crippen LogP) is 9.84. The first-order valence-corrected chi connectivity index (χ1v) is 18.2. The van der Waals surface area contributed by atoms with Gasteiger partial charge >= 0.3 is 18.0 Å². The van der Waals surface area contributed by atoms with Crippen molar-refractivity contribution in [2.75, 3.05) is 0 Å². The number of ether oxygens (including phenoxy) is 3. The molecule has 7 heteroatoms. The monoisotopic (exact) mass is 629 g/mol. The van der Waals surface area contributed by atoms with E-state index in [2.05, 4.69) is 12.2 Å². The summed E-state index contributed by atoms with van der Waals surface area (Å²) in [6.07, 6.45) is 20.6. The summed E-state index contributed by atoms with van der Waals surface area (Å²) in [5.41, 5.74) is 0.875. The molecule has 0 saturated carbocycles. The summed E-state index contributed by atoms with van der Waals surface area (Å²) in [5.74, 6) is -0.585. The van der Waals surface area contributed by atoms with Crippen molar-refractivity contribution >= 4 is 18.0 Å². The zero-order valence-corrected chi connectivity index (χ0v) is 28.9. The van der Waals surface area contributed by atoms with Gasteiger partial charge in [0.05, 0.1) is 5.92 Å². The van der Waals surface area contributed by atoms with Crippen LogP contribution in [0.25, 0.3) is 0 Å². The third-order valence-corrected chi connectivity index (χ3v) is 8.86. The van der Waals surface area contributed by atoms with Crippen LogP contribution in [0.4, 0.5) is 4.79 Å². The molecule has 1 heterocycles. The largest absolute Gasteiger partial charge is 0.461 e. The lowest BCUT2D eigenvalue weighted by molar-refractivity contribution is -0.189. The van der Waals surface area contributed by atoms with Crippen molar-refractivity contribution in [3.05, 3.63) is 35.9 Å². The van der Waals surface area contributed by atoms with Gasteiger partial charge < -0.3 is 19.5 Å². The Morgan fingerprint density at radius 3 is 1.89 bits per heavy atom. The van der Waals surface area contributed by atoms with Crippen LogP contribution in [0.5, 0.6) is 0 Å². The fraction of sp³-hybridized carbons (Fsp3) is 0.763. The minimum absolute atomic E-state index is 0.128. The van der Waals surface area contributed by atoms with E-state index >= 15 is 0 Å². The maximum atomic E-state index is 13.4. The molecule has 2 rings (SSSR count). The number of unbranched alkanes of at least 4 members (excludes halogenated alkanes) is 14. The van der Waals surface area contributed by atoms with Crippen LogP contribution in [0.15, 0.2) is 30.3 Å². The second kappa shape index (κ2) is 23.7. The molecule has 0 unspecified atom stereocenters. The molecule has 1 aliphatic heterocycles. The molecule has 0 aromatic heterocycles. The number of benzene rings is 1. The first kappa shape index (κ1) is 38.6. The van der Waals surface area contributed by atoms with Crippen molar-refractivity contribution in [2.24, 2.45) is 11.8 Å². The number of cyclic esters (lactones) is 1. The summed E-state index contributed by atoms with van der Waals surface area (Å²) in [6, 6.07) is 8.64. The van der Waals surface area contributed by atoms with Crippen LogP contribution in [-0.2, 0) is 30.4 Å². The molecule has 0 aliphatic carbocycles. The average Bonchev–Trinajstić information content (AvgIpc) is 3.01. The van der Waals surface area contributed by atoms with Crippen LogP contribution in [0.3, 0.4) is 0 Å². The molecular formula is C38H63NO6. The van der Waals surface area contributed by atoms with Gasteiger partial charge in [0, 0.05) is 6.42 Å². The lowest BCUT2D eigenvalue weighted by atomic mass is 9.88. The number of rotatable bonds is 26. The third-order valence-electron chi connectivity index (χ3n) is 8.86. The van der Waals surface area contributed by atoms with Crippen molar-refractivity contribution in [2.45, 2.75) is 175 Å². The smallest absolute Gasteiger partial charge is 0.408 e. The van der Waals surface area contributed by atoms with Crippen molar-refractivity contribution in [3.63, 3.8) is 0 Å². The fourth-order valence-electron chi connectivity index (χ4n) is 6.11. The van der Waals surface area contributed by atoms with Gasteiger partial charge in [0.2, 0.25) is 0 Å². The van der Waals surface area contributed by atoms with E-state index in [0.29, 0.717) is 19.3 Å². The Morgan fingerprint density at radius 1 is 0.822 bits per heavy atom. The van der Waals surface area contributed by atoms with Gasteiger partial charge in [-0.1, -0.05) is 148 Å². The minimum atomic E-state index is -0.803. The van der Waals surface area contributed by atoms with Crippen LogP contribution in [0.2, 0.25) is 0 Å². The maximum absolute atomic E-state index is 13.4. The lowest BCUT2D eigenvalue weighted by Gasteiger charge is -2.36. The number of carbonyl (C=O) groups is 3. The molecule has 0 bridgehead atoms. The number of esters is 2. The van der Waals surface area contributed by atoms with Crippen molar-refractivity contribution < 1.29 is 28.6 Å². The lowest BCUT2D eigenvalue weighted by Crippen LogP contribution is -2.48. The molecule has 1 amide bonds. The van der Waals surface area contributed by atoms with E-state index in [1.807, 2.05) is 51.1 Å². The number of hydrogen-bond acceptors (Lipinski definition) is 6. The summed E-state index contributed by atoms with van der Waals surface area (Å²) in [6.45, 7) is 8.39. The minimum Gasteiger partial charge on any atom is -0.461 e. The quantitative estimate of drug-likeness (QED) is 0.0623. The molecule has 45 heavy (non-hydrogen) atoms. The third kappa shape index (κ3) is 17.1. The second-order valence-corrected chi connectivity index (χ2v) is 13.4. The van der Waals surface area contributed by atoms with Crippen LogP contribution in [-0.4, -0.2) is 36.3 Å². The van der Waals surface area contributed by atoms with Gasteiger partial charge in [-0.05, 0) is 37.2 Å². The Hall–Kier alpha value is -2.57. The summed E-state index contributed by atoms with van der Waals surface area (Å²) in [4.78, 5) is 37.8. The number of alkyl carbamates (subject to hydrolysis) is 1. The highest BCUT2D eigenvalue weighted by molar-refractivity contribution is 5.81. The molecular weight excluding hydrogens is 566 g/mol. The molecule has 1 aliphatic rings. The van der Waals surface area contributed by atoms with Crippen LogP contribution >= 0.6 is 0 Å². The molecule has 256 valence electrons. The molecule has 1 aromatic carbocycles. The van der Waals surface area contributed by atoms with Gasteiger partial charge in [0.25, 0.3) is 0 Å². The Morgan fingerprint density at radius 2 is 1.38 bits per heavy atom. The molecule has 0 radical (unpaired) electrons. The molecule has 0 spiro atoms. The number of hydrogen-bond donors (Lipinski definition) is 1. The van der Waals surface area contributed by atoms with E-state index in [4.69, 9.17) is 14.2 Å². The number of carbonyl (C=O) groups excluding carboxylic acids is 3. The number of amides is 1. The van der Waals surface area contributed by atoms with E-state index < -0.39 is 18.1 Å². The predicted molar refractivity (Wildman–Crippen MR) is 181 cm³/mol. The van der Waals surface area contributed by atoms with Gasteiger partial charge in [-0.25, -0.2) is 9.59 Å². The fourth-order valence-corrected chi connectivity index (χ4v) is 6.11. The summed E-state index contributed by atoms with van der Waals surface area (Å²) < 4.78 is 16.8. The van der Waals surface area contributed by atoms with Crippen LogP contribution < -0.4 is 5.32 Å². The zero-order chi connectivity index (χ0) is 32.7.